The summed E-state index contributed by atoms with van der Waals surface area (Å²) < 4.78 is 5.42. The minimum Gasteiger partial charge on any atom is -0.456 e. The zero-order valence-electron chi connectivity index (χ0n) is 13.2. The van der Waals surface area contributed by atoms with Gasteiger partial charge >= 0.3 is 5.97 Å². The molecule has 114 valence electrons. The fourth-order valence-corrected chi connectivity index (χ4v) is 4.22. The van der Waals surface area contributed by atoms with Crippen LogP contribution in [-0.4, -0.2) is 16.6 Å². The molecule has 2 aromatic rings. The van der Waals surface area contributed by atoms with Gasteiger partial charge in [0.05, 0.1) is 26.1 Å². The van der Waals surface area contributed by atoms with Crippen molar-refractivity contribution in [2.24, 2.45) is 0 Å². The van der Waals surface area contributed by atoms with E-state index in [4.69, 9.17) is 10.5 Å². The third kappa shape index (κ3) is 3.27. The van der Waals surface area contributed by atoms with Gasteiger partial charge in [-0.3, -0.25) is 0 Å². The van der Waals surface area contributed by atoms with Crippen LogP contribution in [-0.2, 0) is 4.74 Å². The van der Waals surface area contributed by atoms with Crippen molar-refractivity contribution >= 4 is 34.3 Å². The van der Waals surface area contributed by atoms with Crippen molar-refractivity contribution < 1.29 is 9.53 Å². The second-order valence-electron chi connectivity index (χ2n) is 5.95. The first-order valence-corrected chi connectivity index (χ1v) is 8.30. The normalized spacial score (nSPS) is 11.7. The highest BCUT2D eigenvalue weighted by Crippen LogP contribution is 2.42. The Balaban J connectivity index is 2.46. The number of carbonyl (C=O) groups excluding carboxylic acids is 1. The molecule has 4 nitrogen and oxygen atoms in total. The molecule has 0 amide bonds. The van der Waals surface area contributed by atoms with Crippen molar-refractivity contribution in [2.45, 2.75) is 47.1 Å². The number of hydrogen-bond acceptors (Lipinski definition) is 6. The van der Waals surface area contributed by atoms with Crippen molar-refractivity contribution in [1.29, 1.82) is 0 Å². The Kier molecular flexibility index (Phi) is 4.13. The van der Waals surface area contributed by atoms with E-state index in [0.717, 1.165) is 26.0 Å². The maximum absolute atomic E-state index is 12.3. The standard InChI is InChI=1S/C15H20N2O2S2/c1-7-10(16)13(14(18)19-15(4,5)6)21-11(7)12-8(2)17-9(3)20-12/h16H2,1-6H3. The van der Waals surface area contributed by atoms with E-state index in [1.165, 1.54) is 11.3 Å². The molecule has 0 aliphatic carbocycles. The number of hydrogen-bond donors (Lipinski definition) is 1. The third-order valence-corrected chi connectivity index (χ3v) is 5.41. The van der Waals surface area contributed by atoms with Crippen LogP contribution in [0.25, 0.3) is 9.75 Å². The molecule has 0 aliphatic rings. The quantitative estimate of drug-likeness (QED) is 0.835. The van der Waals surface area contributed by atoms with Crippen LogP contribution in [0.1, 0.15) is 46.7 Å². The van der Waals surface area contributed by atoms with Crippen LogP contribution in [0.15, 0.2) is 0 Å². The second-order valence-corrected chi connectivity index (χ2v) is 8.17. The molecule has 0 unspecified atom stereocenters. The second kappa shape index (κ2) is 5.42. The van der Waals surface area contributed by atoms with Gasteiger partial charge in [0.25, 0.3) is 0 Å². The van der Waals surface area contributed by atoms with E-state index < -0.39 is 5.60 Å². The van der Waals surface area contributed by atoms with E-state index >= 15 is 0 Å². The van der Waals surface area contributed by atoms with Gasteiger partial charge in [-0.2, -0.15) is 0 Å². The number of aromatic nitrogens is 1. The molecule has 2 heterocycles. The molecule has 6 heteroatoms. The lowest BCUT2D eigenvalue weighted by molar-refractivity contribution is 0.00763. The highest BCUT2D eigenvalue weighted by atomic mass is 32.1. The maximum Gasteiger partial charge on any atom is 0.351 e. The van der Waals surface area contributed by atoms with Gasteiger partial charge in [-0.25, -0.2) is 9.78 Å². The number of nitrogens with two attached hydrogens (primary N) is 1. The fourth-order valence-electron chi connectivity index (χ4n) is 1.96. The Morgan fingerprint density at radius 3 is 2.24 bits per heavy atom. The molecular weight excluding hydrogens is 304 g/mol. The van der Waals surface area contributed by atoms with Gasteiger partial charge in [-0.15, -0.1) is 22.7 Å². The number of carbonyl (C=O) groups is 1. The Morgan fingerprint density at radius 1 is 1.14 bits per heavy atom. The lowest BCUT2D eigenvalue weighted by Crippen LogP contribution is -2.23. The number of thiazole rings is 1. The largest absolute Gasteiger partial charge is 0.456 e. The van der Waals surface area contributed by atoms with Gasteiger partial charge in [-0.05, 0) is 47.1 Å². The van der Waals surface area contributed by atoms with Gasteiger partial charge in [0.2, 0.25) is 0 Å². The summed E-state index contributed by atoms with van der Waals surface area (Å²) in [6.07, 6.45) is 0. The smallest absolute Gasteiger partial charge is 0.351 e. The number of nitrogens with zero attached hydrogens (tertiary/aromatic N) is 1. The molecule has 0 aliphatic heterocycles. The molecule has 0 saturated heterocycles. The summed E-state index contributed by atoms with van der Waals surface area (Å²) in [7, 11) is 0. The number of anilines is 1. The van der Waals surface area contributed by atoms with Crippen LogP contribution in [0.2, 0.25) is 0 Å². The van der Waals surface area contributed by atoms with Crippen LogP contribution < -0.4 is 5.73 Å². The molecule has 0 saturated carbocycles. The number of esters is 1. The van der Waals surface area contributed by atoms with Crippen molar-refractivity contribution in [2.75, 3.05) is 5.73 Å². The van der Waals surface area contributed by atoms with Gasteiger partial charge in [0, 0.05) is 0 Å². The van der Waals surface area contributed by atoms with Crippen LogP contribution in [0, 0.1) is 20.8 Å². The summed E-state index contributed by atoms with van der Waals surface area (Å²) >= 11 is 3.01. The summed E-state index contributed by atoms with van der Waals surface area (Å²) in [5.41, 5.74) is 7.98. The van der Waals surface area contributed by atoms with Crippen molar-refractivity contribution in [3.05, 3.63) is 21.1 Å². The summed E-state index contributed by atoms with van der Waals surface area (Å²) in [5, 5.41) is 1.01. The zero-order valence-corrected chi connectivity index (χ0v) is 14.8. The molecular formula is C15H20N2O2S2. The van der Waals surface area contributed by atoms with Gasteiger partial charge in [-0.1, -0.05) is 0 Å². The SMILES string of the molecule is Cc1nc(C)c(-c2sc(C(=O)OC(C)(C)C)c(N)c2C)s1. The van der Waals surface area contributed by atoms with E-state index in [2.05, 4.69) is 4.98 Å². The number of rotatable bonds is 2. The number of nitrogen functional groups attached to an aromatic ring is 1. The fraction of sp³-hybridized carbons (Fsp3) is 0.467. The molecule has 0 aromatic carbocycles. The Morgan fingerprint density at radius 2 is 1.76 bits per heavy atom. The van der Waals surface area contributed by atoms with Crippen LogP contribution in [0.3, 0.4) is 0 Å². The van der Waals surface area contributed by atoms with Crippen LogP contribution in [0.5, 0.6) is 0 Å². The predicted octanol–water partition coefficient (Wildman–Crippen LogP) is 4.33. The van der Waals surface area contributed by atoms with Crippen LogP contribution in [0.4, 0.5) is 5.69 Å². The molecule has 0 radical (unpaired) electrons. The monoisotopic (exact) mass is 324 g/mol. The Bertz CT molecular complexity index is 693. The first kappa shape index (κ1) is 16.0. The average Bonchev–Trinajstić information content (AvgIpc) is 2.79. The summed E-state index contributed by atoms with van der Waals surface area (Å²) in [4.78, 5) is 19.3. The zero-order chi connectivity index (χ0) is 15.9. The molecule has 2 aromatic heterocycles. The minimum atomic E-state index is -0.529. The number of thiophene rings is 1. The first-order valence-electron chi connectivity index (χ1n) is 6.66. The molecule has 0 atom stereocenters. The summed E-state index contributed by atoms with van der Waals surface area (Å²) in [6.45, 7) is 11.4. The molecule has 2 N–H and O–H groups in total. The van der Waals surface area contributed by atoms with E-state index in [-0.39, 0.29) is 5.97 Å². The highest BCUT2D eigenvalue weighted by Gasteiger charge is 2.25. The van der Waals surface area contributed by atoms with Crippen LogP contribution >= 0.6 is 22.7 Å². The summed E-state index contributed by atoms with van der Waals surface area (Å²) in [6, 6.07) is 0. The molecule has 0 fully saturated rings. The first-order chi connectivity index (χ1) is 9.60. The topological polar surface area (TPSA) is 65.2 Å². The summed E-state index contributed by atoms with van der Waals surface area (Å²) in [5.74, 6) is -0.363. The Labute approximate surface area is 133 Å². The maximum atomic E-state index is 12.3. The van der Waals surface area contributed by atoms with Crippen molar-refractivity contribution in [3.8, 4) is 9.75 Å². The van der Waals surface area contributed by atoms with Gasteiger partial charge in [0.1, 0.15) is 10.5 Å². The van der Waals surface area contributed by atoms with Crippen molar-refractivity contribution in [3.63, 3.8) is 0 Å². The van der Waals surface area contributed by atoms with E-state index in [1.54, 1.807) is 11.3 Å². The lowest BCUT2D eigenvalue weighted by Gasteiger charge is -2.19. The van der Waals surface area contributed by atoms with E-state index in [9.17, 15) is 4.79 Å². The lowest BCUT2D eigenvalue weighted by atomic mass is 10.2. The molecule has 2 rings (SSSR count). The van der Waals surface area contributed by atoms with Crippen molar-refractivity contribution in [1.82, 2.24) is 4.98 Å². The van der Waals surface area contributed by atoms with E-state index in [0.29, 0.717) is 10.6 Å². The molecule has 21 heavy (non-hydrogen) atoms. The number of aryl methyl sites for hydroxylation is 2. The van der Waals surface area contributed by atoms with Gasteiger partial charge in [0.15, 0.2) is 0 Å². The molecule has 0 bridgehead atoms. The highest BCUT2D eigenvalue weighted by molar-refractivity contribution is 7.23. The Hall–Kier alpha value is -1.40. The minimum absolute atomic E-state index is 0.363. The third-order valence-electron chi connectivity index (χ3n) is 2.89. The van der Waals surface area contributed by atoms with Gasteiger partial charge < -0.3 is 10.5 Å². The number of ether oxygens (including phenoxy) is 1. The molecule has 0 spiro atoms. The predicted molar refractivity (Wildman–Crippen MR) is 89.2 cm³/mol. The van der Waals surface area contributed by atoms with E-state index in [1.807, 2.05) is 41.5 Å². The average molecular weight is 324 g/mol.